The van der Waals surface area contributed by atoms with Crippen molar-refractivity contribution in [1.82, 2.24) is 10.3 Å². The van der Waals surface area contributed by atoms with E-state index in [1.54, 1.807) is 12.3 Å². The molecule has 0 aliphatic carbocycles. The molecule has 0 saturated heterocycles. The zero-order chi connectivity index (χ0) is 14.4. The number of phenols is 1. The van der Waals surface area contributed by atoms with Gasteiger partial charge in [-0.25, -0.2) is 0 Å². The Hall–Kier alpha value is -2.07. The number of hydrogen-bond donors (Lipinski definition) is 2. The Bertz CT molecular complexity index is 543. The first-order chi connectivity index (χ1) is 9.70. The maximum Gasteiger partial charge on any atom is 0.161 e. The molecule has 1 aromatic heterocycles. The van der Waals surface area contributed by atoms with Crippen LogP contribution in [0, 0.1) is 0 Å². The predicted molar refractivity (Wildman–Crippen MR) is 78.8 cm³/mol. The minimum Gasteiger partial charge on any atom is -0.504 e. The standard InChI is InChI=1S/C16H20N2O2/c1-3-20-16-10-13(7-8-15(16)19)11-18-12(2)14-6-4-5-9-17-14/h4-10,12,18-19H,3,11H2,1-2H3/t12-/m0/s1. The van der Waals surface area contributed by atoms with Gasteiger partial charge in [0.25, 0.3) is 0 Å². The highest BCUT2D eigenvalue weighted by Crippen LogP contribution is 2.27. The largest absolute Gasteiger partial charge is 0.504 e. The molecule has 0 amide bonds. The summed E-state index contributed by atoms with van der Waals surface area (Å²) in [5.41, 5.74) is 2.07. The van der Waals surface area contributed by atoms with Crippen molar-refractivity contribution < 1.29 is 9.84 Å². The lowest BCUT2D eigenvalue weighted by Gasteiger charge is -2.14. The van der Waals surface area contributed by atoms with Gasteiger partial charge in [0.05, 0.1) is 12.3 Å². The summed E-state index contributed by atoms with van der Waals surface area (Å²) in [4.78, 5) is 4.32. The molecule has 2 aromatic rings. The smallest absolute Gasteiger partial charge is 0.161 e. The summed E-state index contributed by atoms with van der Waals surface area (Å²) < 4.78 is 5.38. The van der Waals surface area contributed by atoms with E-state index in [1.165, 1.54) is 0 Å². The van der Waals surface area contributed by atoms with E-state index in [0.717, 1.165) is 11.3 Å². The maximum absolute atomic E-state index is 9.67. The van der Waals surface area contributed by atoms with Gasteiger partial charge in [0.1, 0.15) is 0 Å². The number of phenolic OH excluding ortho intramolecular Hbond substituents is 1. The van der Waals surface area contributed by atoms with E-state index in [4.69, 9.17) is 4.74 Å². The number of aromatic hydroxyl groups is 1. The molecule has 1 atom stereocenters. The molecule has 4 nitrogen and oxygen atoms in total. The van der Waals surface area contributed by atoms with Crippen LogP contribution in [-0.2, 0) is 6.54 Å². The zero-order valence-electron chi connectivity index (χ0n) is 11.8. The molecule has 0 saturated carbocycles. The van der Waals surface area contributed by atoms with E-state index < -0.39 is 0 Å². The van der Waals surface area contributed by atoms with Gasteiger partial charge in [-0.2, -0.15) is 0 Å². The van der Waals surface area contributed by atoms with Gasteiger partial charge in [-0.05, 0) is 43.7 Å². The first kappa shape index (κ1) is 14.3. The summed E-state index contributed by atoms with van der Waals surface area (Å²) in [6, 6.07) is 11.5. The van der Waals surface area contributed by atoms with E-state index >= 15 is 0 Å². The molecular weight excluding hydrogens is 252 g/mol. The lowest BCUT2D eigenvalue weighted by Crippen LogP contribution is -2.18. The van der Waals surface area contributed by atoms with Gasteiger partial charge in [-0.1, -0.05) is 12.1 Å². The van der Waals surface area contributed by atoms with Gasteiger partial charge in [0.15, 0.2) is 11.5 Å². The fourth-order valence-corrected chi connectivity index (χ4v) is 1.95. The first-order valence-corrected chi connectivity index (χ1v) is 6.79. The van der Waals surface area contributed by atoms with Crippen molar-refractivity contribution in [3.05, 3.63) is 53.9 Å². The molecule has 0 fully saturated rings. The lowest BCUT2D eigenvalue weighted by atomic mass is 10.1. The summed E-state index contributed by atoms with van der Waals surface area (Å²) in [5.74, 6) is 0.700. The second-order valence-electron chi connectivity index (χ2n) is 4.59. The van der Waals surface area contributed by atoms with E-state index in [2.05, 4.69) is 17.2 Å². The van der Waals surface area contributed by atoms with Gasteiger partial charge in [-0.3, -0.25) is 4.98 Å². The van der Waals surface area contributed by atoms with Crippen LogP contribution in [0.3, 0.4) is 0 Å². The van der Waals surface area contributed by atoms with E-state index in [9.17, 15) is 5.11 Å². The summed E-state index contributed by atoms with van der Waals surface area (Å²) in [5, 5.41) is 13.1. The molecule has 2 N–H and O–H groups in total. The molecule has 0 aliphatic heterocycles. The van der Waals surface area contributed by atoms with Gasteiger partial charge in [0.2, 0.25) is 0 Å². The van der Waals surface area contributed by atoms with Crippen LogP contribution in [0.1, 0.15) is 31.1 Å². The minimum atomic E-state index is 0.167. The van der Waals surface area contributed by atoms with Crippen LogP contribution >= 0.6 is 0 Å². The molecule has 1 heterocycles. The van der Waals surface area contributed by atoms with Crippen molar-refractivity contribution in [3.8, 4) is 11.5 Å². The Morgan fingerprint density at radius 2 is 2.15 bits per heavy atom. The number of rotatable bonds is 6. The van der Waals surface area contributed by atoms with Crippen LogP contribution < -0.4 is 10.1 Å². The van der Waals surface area contributed by atoms with Crippen LogP contribution in [0.5, 0.6) is 11.5 Å². The lowest BCUT2D eigenvalue weighted by molar-refractivity contribution is 0.317. The van der Waals surface area contributed by atoms with Crippen molar-refractivity contribution in [3.63, 3.8) is 0 Å². The normalized spacial score (nSPS) is 12.1. The molecule has 1 aromatic carbocycles. The van der Waals surface area contributed by atoms with Gasteiger partial charge < -0.3 is 15.2 Å². The quantitative estimate of drug-likeness (QED) is 0.848. The van der Waals surface area contributed by atoms with Crippen LogP contribution in [0.25, 0.3) is 0 Å². The molecule has 4 heteroatoms. The second kappa shape index (κ2) is 6.91. The fourth-order valence-electron chi connectivity index (χ4n) is 1.95. The Labute approximate surface area is 119 Å². The molecule has 2 rings (SSSR count). The number of nitrogens with one attached hydrogen (secondary N) is 1. The molecule has 0 unspecified atom stereocenters. The van der Waals surface area contributed by atoms with Crippen LogP contribution in [0.2, 0.25) is 0 Å². The highest BCUT2D eigenvalue weighted by Gasteiger charge is 2.07. The Morgan fingerprint density at radius 3 is 2.85 bits per heavy atom. The highest BCUT2D eigenvalue weighted by molar-refractivity contribution is 5.41. The SMILES string of the molecule is CCOc1cc(CN[C@@H](C)c2ccccn2)ccc1O. The highest BCUT2D eigenvalue weighted by atomic mass is 16.5. The molecule has 0 aliphatic rings. The van der Waals surface area contributed by atoms with E-state index in [1.807, 2.05) is 37.3 Å². The minimum absolute atomic E-state index is 0.167. The third-order valence-corrected chi connectivity index (χ3v) is 3.07. The molecular formula is C16H20N2O2. The number of benzene rings is 1. The molecule has 0 radical (unpaired) electrons. The third-order valence-electron chi connectivity index (χ3n) is 3.07. The molecule has 106 valence electrons. The van der Waals surface area contributed by atoms with Crippen molar-refractivity contribution in [2.24, 2.45) is 0 Å². The third kappa shape index (κ3) is 3.71. The van der Waals surface area contributed by atoms with Gasteiger partial charge >= 0.3 is 0 Å². The monoisotopic (exact) mass is 272 g/mol. The molecule has 0 bridgehead atoms. The Morgan fingerprint density at radius 1 is 1.30 bits per heavy atom. The maximum atomic E-state index is 9.67. The second-order valence-corrected chi connectivity index (χ2v) is 4.59. The van der Waals surface area contributed by atoms with E-state index in [-0.39, 0.29) is 11.8 Å². The van der Waals surface area contributed by atoms with Crippen molar-refractivity contribution in [2.75, 3.05) is 6.61 Å². The first-order valence-electron chi connectivity index (χ1n) is 6.79. The summed E-state index contributed by atoms with van der Waals surface area (Å²) >= 11 is 0. The summed E-state index contributed by atoms with van der Waals surface area (Å²) in [7, 11) is 0. The van der Waals surface area contributed by atoms with Crippen LogP contribution in [-0.4, -0.2) is 16.7 Å². The molecule has 0 spiro atoms. The molecule has 20 heavy (non-hydrogen) atoms. The predicted octanol–water partition coefficient (Wildman–Crippen LogP) is 3.04. The van der Waals surface area contributed by atoms with Crippen molar-refractivity contribution >= 4 is 0 Å². The average Bonchev–Trinajstić information content (AvgIpc) is 2.49. The van der Waals surface area contributed by atoms with E-state index in [0.29, 0.717) is 18.9 Å². The number of aromatic nitrogens is 1. The zero-order valence-corrected chi connectivity index (χ0v) is 11.8. The number of nitrogens with zero attached hydrogens (tertiary/aromatic N) is 1. The Kier molecular flexibility index (Phi) is 4.96. The van der Waals surface area contributed by atoms with Gasteiger partial charge in [-0.15, -0.1) is 0 Å². The van der Waals surface area contributed by atoms with Crippen molar-refractivity contribution in [1.29, 1.82) is 0 Å². The van der Waals surface area contributed by atoms with Gasteiger partial charge in [0, 0.05) is 18.8 Å². The van der Waals surface area contributed by atoms with Crippen LogP contribution in [0.4, 0.5) is 0 Å². The number of ether oxygens (including phenoxy) is 1. The Balaban J connectivity index is 1.98. The fraction of sp³-hybridized carbons (Fsp3) is 0.312. The number of hydrogen-bond acceptors (Lipinski definition) is 4. The summed E-state index contributed by atoms with van der Waals surface area (Å²) in [6.07, 6.45) is 1.79. The number of pyridine rings is 1. The van der Waals surface area contributed by atoms with Crippen molar-refractivity contribution in [2.45, 2.75) is 26.4 Å². The topological polar surface area (TPSA) is 54.4 Å². The van der Waals surface area contributed by atoms with Crippen LogP contribution in [0.15, 0.2) is 42.6 Å². The average molecular weight is 272 g/mol. The summed E-state index contributed by atoms with van der Waals surface area (Å²) in [6.45, 7) is 5.20.